The standard InChI is InChI=1S/C15H15Cl2NO4/c1-20-8-7-18-15(19)13-6-5-10(22-13)9-21-12-4-2-3-11(16)14(12)17/h2-6H,7-9H2,1H3,(H,18,19). The Morgan fingerprint density at radius 3 is 2.86 bits per heavy atom. The summed E-state index contributed by atoms with van der Waals surface area (Å²) in [5, 5.41) is 3.42. The highest BCUT2D eigenvalue weighted by Gasteiger charge is 2.12. The summed E-state index contributed by atoms with van der Waals surface area (Å²) in [5.41, 5.74) is 0. The van der Waals surface area contributed by atoms with Crippen molar-refractivity contribution in [3.8, 4) is 5.75 Å². The Bertz CT molecular complexity index is 642. The van der Waals surface area contributed by atoms with E-state index in [0.29, 0.717) is 34.7 Å². The fraction of sp³-hybridized carbons (Fsp3) is 0.267. The maximum Gasteiger partial charge on any atom is 0.287 e. The zero-order chi connectivity index (χ0) is 15.9. The minimum atomic E-state index is -0.302. The van der Waals surface area contributed by atoms with Gasteiger partial charge >= 0.3 is 0 Å². The molecule has 0 atom stereocenters. The summed E-state index contributed by atoms with van der Waals surface area (Å²) in [5.74, 6) is 0.876. The average Bonchev–Trinajstić information content (AvgIpc) is 2.98. The minimum absolute atomic E-state index is 0.144. The molecule has 2 rings (SSSR count). The molecule has 0 aliphatic heterocycles. The largest absolute Gasteiger partial charge is 0.484 e. The minimum Gasteiger partial charge on any atom is -0.484 e. The Morgan fingerprint density at radius 1 is 1.27 bits per heavy atom. The summed E-state index contributed by atoms with van der Waals surface area (Å²) in [6, 6.07) is 8.37. The predicted molar refractivity (Wildman–Crippen MR) is 83.7 cm³/mol. The van der Waals surface area contributed by atoms with E-state index in [4.69, 9.17) is 37.1 Å². The lowest BCUT2D eigenvalue weighted by Crippen LogP contribution is -2.26. The third-order valence-electron chi connectivity index (χ3n) is 2.76. The number of carbonyl (C=O) groups is 1. The van der Waals surface area contributed by atoms with Crippen LogP contribution in [0.15, 0.2) is 34.7 Å². The summed E-state index contributed by atoms with van der Waals surface area (Å²) < 4.78 is 15.8. The Morgan fingerprint density at radius 2 is 2.09 bits per heavy atom. The molecule has 0 aliphatic rings. The zero-order valence-electron chi connectivity index (χ0n) is 11.9. The second-order valence-corrected chi connectivity index (χ2v) is 5.14. The van der Waals surface area contributed by atoms with Crippen LogP contribution in [-0.2, 0) is 11.3 Å². The maximum atomic E-state index is 11.8. The van der Waals surface area contributed by atoms with Crippen LogP contribution < -0.4 is 10.1 Å². The lowest BCUT2D eigenvalue weighted by atomic mass is 10.3. The van der Waals surface area contributed by atoms with Crippen LogP contribution in [0, 0.1) is 0 Å². The number of rotatable bonds is 7. The summed E-state index contributed by atoms with van der Waals surface area (Å²) >= 11 is 11.9. The van der Waals surface area contributed by atoms with Gasteiger partial charge in [0, 0.05) is 13.7 Å². The van der Waals surface area contributed by atoms with Crippen LogP contribution in [-0.4, -0.2) is 26.2 Å². The first-order valence-corrected chi connectivity index (χ1v) is 7.30. The number of hydrogen-bond acceptors (Lipinski definition) is 4. The molecule has 2 aromatic rings. The van der Waals surface area contributed by atoms with Crippen molar-refractivity contribution >= 4 is 29.1 Å². The van der Waals surface area contributed by atoms with Gasteiger partial charge in [-0.3, -0.25) is 4.79 Å². The lowest BCUT2D eigenvalue weighted by molar-refractivity contribution is 0.0905. The van der Waals surface area contributed by atoms with Crippen LogP contribution in [0.25, 0.3) is 0 Å². The number of ether oxygens (including phenoxy) is 2. The van der Waals surface area contributed by atoms with Crippen molar-refractivity contribution in [2.24, 2.45) is 0 Å². The summed E-state index contributed by atoms with van der Waals surface area (Å²) in [6.07, 6.45) is 0. The molecule has 0 fully saturated rings. The molecule has 5 nitrogen and oxygen atoms in total. The fourth-order valence-corrected chi connectivity index (χ4v) is 2.02. The van der Waals surface area contributed by atoms with Crippen molar-refractivity contribution in [1.29, 1.82) is 0 Å². The van der Waals surface area contributed by atoms with Gasteiger partial charge in [0.05, 0.1) is 11.6 Å². The van der Waals surface area contributed by atoms with E-state index in [0.717, 1.165) is 0 Å². The molecular formula is C15H15Cl2NO4. The molecule has 22 heavy (non-hydrogen) atoms. The molecule has 0 spiro atoms. The molecule has 0 saturated carbocycles. The Hall–Kier alpha value is -1.69. The smallest absolute Gasteiger partial charge is 0.287 e. The van der Waals surface area contributed by atoms with Crippen molar-refractivity contribution in [3.63, 3.8) is 0 Å². The van der Waals surface area contributed by atoms with Crippen LogP contribution >= 0.6 is 23.2 Å². The van der Waals surface area contributed by atoms with Gasteiger partial charge in [-0.25, -0.2) is 0 Å². The van der Waals surface area contributed by atoms with Crippen LogP contribution in [0.2, 0.25) is 10.0 Å². The van der Waals surface area contributed by atoms with E-state index in [1.165, 1.54) is 0 Å². The van der Waals surface area contributed by atoms with Gasteiger partial charge in [-0.2, -0.15) is 0 Å². The second-order valence-electron chi connectivity index (χ2n) is 4.36. The number of hydrogen-bond donors (Lipinski definition) is 1. The molecule has 1 amide bonds. The van der Waals surface area contributed by atoms with E-state index < -0.39 is 0 Å². The van der Waals surface area contributed by atoms with Gasteiger partial charge in [0.25, 0.3) is 5.91 Å². The fourth-order valence-electron chi connectivity index (χ4n) is 1.68. The highest BCUT2D eigenvalue weighted by molar-refractivity contribution is 6.42. The normalized spacial score (nSPS) is 10.5. The number of amides is 1. The quantitative estimate of drug-likeness (QED) is 0.781. The molecule has 118 valence electrons. The van der Waals surface area contributed by atoms with E-state index >= 15 is 0 Å². The summed E-state index contributed by atoms with van der Waals surface area (Å²) in [4.78, 5) is 11.8. The van der Waals surface area contributed by atoms with Crippen molar-refractivity contribution < 1.29 is 18.7 Å². The molecular weight excluding hydrogens is 329 g/mol. The highest BCUT2D eigenvalue weighted by Crippen LogP contribution is 2.31. The first-order chi connectivity index (χ1) is 10.6. The Balaban J connectivity index is 1.92. The summed E-state index contributed by atoms with van der Waals surface area (Å²) in [6.45, 7) is 1.00. The van der Waals surface area contributed by atoms with E-state index in [9.17, 15) is 4.79 Å². The number of furan rings is 1. The molecule has 7 heteroatoms. The van der Waals surface area contributed by atoms with Gasteiger partial charge in [-0.15, -0.1) is 0 Å². The second kappa shape index (κ2) is 8.08. The topological polar surface area (TPSA) is 60.7 Å². The van der Waals surface area contributed by atoms with E-state index in [1.807, 2.05) is 0 Å². The first-order valence-electron chi connectivity index (χ1n) is 6.54. The maximum absolute atomic E-state index is 11.8. The van der Waals surface area contributed by atoms with Crippen molar-refractivity contribution in [2.45, 2.75) is 6.61 Å². The lowest BCUT2D eigenvalue weighted by Gasteiger charge is -2.07. The molecule has 0 bridgehead atoms. The van der Waals surface area contributed by atoms with Gasteiger partial charge in [-0.05, 0) is 24.3 Å². The Kier molecular flexibility index (Phi) is 6.12. The molecule has 1 N–H and O–H groups in total. The van der Waals surface area contributed by atoms with Crippen molar-refractivity contribution in [2.75, 3.05) is 20.3 Å². The van der Waals surface area contributed by atoms with Gasteiger partial charge < -0.3 is 19.2 Å². The van der Waals surface area contributed by atoms with E-state index in [-0.39, 0.29) is 18.3 Å². The van der Waals surface area contributed by atoms with Crippen LogP contribution in [0.3, 0.4) is 0 Å². The van der Waals surface area contributed by atoms with E-state index in [1.54, 1.807) is 37.4 Å². The molecule has 0 saturated heterocycles. The number of nitrogens with one attached hydrogen (secondary N) is 1. The SMILES string of the molecule is COCCNC(=O)c1ccc(COc2cccc(Cl)c2Cl)o1. The highest BCUT2D eigenvalue weighted by atomic mass is 35.5. The molecule has 0 radical (unpaired) electrons. The zero-order valence-corrected chi connectivity index (χ0v) is 13.4. The average molecular weight is 344 g/mol. The number of carbonyl (C=O) groups excluding carboxylic acids is 1. The Labute approximate surface area is 138 Å². The predicted octanol–water partition coefficient (Wildman–Crippen LogP) is 3.54. The van der Waals surface area contributed by atoms with Crippen LogP contribution in [0.1, 0.15) is 16.3 Å². The van der Waals surface area contributed by atoms with Crippen molar-refractivity contribution in [3.05, 3.63) is 51.9 Å². The molecule has 1 aromatic heterocycles. The van der Waals surface area contributed by atoms with Gasteiger partial charge in [0.1, 0.15) is 23.1 Å². The van der Waals surface area contributed by atoms with Gasteiger partial charge in [-0.1, -0.05) is 29.3 Å². The number of halogens is 2. The molecule has 0 aliphatic carbocycles. The number of benzene rings is 1. The third kappa shape index (κ3) is 4.40. The first kappa shape index (κ1) is 16.7. The van der Waals surface area contributed by atoms with E-state index in [2.05, 4.69) is 5.32 Å². The van der Waals surface area contributed by atoms with Crippen molar-refractivity contribution in [1.82, 2.24) is 5.32 Å². The molecule has 1 aromatic carbocycles. The van der Waals surface area contributed by atoms with Crippen LogP contribution in [0.4, 0.5) is 0 Å². The number of methoxy groups -OCH3 is 1. The third-order valence-corrected chi connectivity index (χ3v) is 3.56. The molecule has 0 unspecified atom stereocenters. The van der Waals surface area contributed by atoms with Crippen LogP contribution in [0.5, 0.6) is 5.75 Å². The van der Waals surface area contributed by atoms with Gasteiger partial charge in [0.15, 0.2) is 5.76 Å². The monoisotopic (exact) mass is 343 g/mol. The summed E-state index contributed by atoms with van der Waals surface area (Å²) in [7, 11) is 1.56. The van der Waals surface area contributed by atoms with Gasteiger partial charge in [0.2, 0.25) is 0 Å². The molecule has 1 heterocycles.